The van der Waals surface area contributed by atoms with Crippen molar-refractivity contribution in [3.8, 4) is 0 Å². The first kappa shape index (κ1) is 18.3. The highest BCUT2D eigenvalue weighted by Gasteiger charge is 2.31. The maximum atomic E-state index is 13.0. The highest BCUT2D eigenvalue weighted by atomic mass is 32.2. The number of amides is 1. The zero-order chi connectivity index (χ0) is 19.5. The second-order valence-electron chi connectivity index (χ2n) is 6.57. The molecule has 28 heavy (non-hydrogen) atoms. The van der Waals surface area contributed by atoms with E-state index in [9.17, 15) is 14.9 Å². The second kappa shape index (κ2) is 7.90. The number of non-ortho nitro benzene ring substituents is 1. The van der Waals surface area contributed by atoms with Crippen molar-refractivity contribution in [1.82, 2.24) is 9.47 Å². The van der Waals surface area contributed by atoms with E-state index in [0.29, 0.717) is 12.3 Å². The van der Waals surface area contributed by atoms with Crippen LogP contribution in [-0.2, 0) is 11.3 Å². The monoisotopic (exact) mass is 393 g/mol. The van der Waals surface area contributed by atoms with Crippen LogP contribution in [0.2, 0.25) is 0 Å². The molecule has 1 aliphatic rings. The van der Waals surface area contributed by atoms with E-state index in [1.165, 1.54) is 23.9 Å². The van der Waals surface area contributed by atoms with Crippen LogP contribution in [0.25, 0.3) is 0 Å². The lowest BCUT2D eigenvalue weighted by molar-refractivity contribution is -0.384. The van der Waals surface area contributed by atoms with Crippen LogP contribution in [0.4, 0.5) is 5.69 Å². The molecule has 0 radical (unpaired) electrons. The molecular formula is C21H19N3O3S. The van der Waals surface area contributed by atoms with Crippen molar-refractivity contribution in [2.45, 2.75) is 17.5 Å². The number of benzene rings is 2. The maximum Gasteiger partial charge on any atom is 0.269 e. The predicted octanol–water partition coefficient (Wildman–Crippen LogP) is 4.12. The van der Waals surface area contributed by atoms with E-state index in [-0.39, 0.29) is 17.6 Å². The number of thioether (sulfide) groups is 1. The third-order valence-electron chi connectivity index (χ3n) is 4.88. The minimum atomic E-state index is -0.424. The zero-order valence-electron chi connectivity index (χ0n) is 15.1. The summed E-state index contributed by atoms with van der Waals surface area (Å²) in [6.07, 6.45) is 2.05. The Kier molecular flexibility index (Phi) is 5.16. The molecule has 0 bridgehead atoms. The normalized spacial score (nSPS) is 15.9. The minimum absolute atomic E-state index is 0.0524. The first-order valence-electron chi connectivity index (χ1n) is 9.00. The van der Waals surface area contributed by atoms with Gasteiger partial charge >= 0.3 is 0 Å². The number of nitro groups is 1. The van der Waals surface area contributed by atoms with Crippen LogP contribution in [0, 0.1) is 10.1 Å². The average Bonchev–Trinajstić information content (AvgIpc) is 3.21. The van der Waals surface area contributed by atoms with Crippen molar-refractivity contribution in [1.29, 1.82) is 0 Å². The molecule has 0 spiro atoms. The van der Waals surface area contributed by atoms with Gasteiger partial charge in [0.2, 0.25) is 5.91 Å². The van der Waals surface area contributed by atoms with Crippen molar-refractivity contribution in [2.75, 3.05) is 12.3 Å². The van der Waals surface area contributed by atoms with Crippen molar-refractivity contribution >= 4 is 23.4 Å². The number of rotatable bonds is 5. The number of hydrogen-bond donors (Lipinski definition) is 0. The summed E-state index contributed by atoms with van der Waals surface area (Å²) in [5, 5.41) is 10.8. The maximum absolute atomic E-state index is 13.0. The molecule has 1 aliphatic heterocycles. The SMILES string of the molecule is O=C(CSc1ccc([N+](=O)[O-])cc1)N1CCn2cccc2C1c1ccccc1. The van der Waals surface area contributed by atoms with Crippen molar-refractivity contribution in [3.63, 3.8) is 0 Å². The molecule has 0 fully saturated rings. The average molecular weight is 393 g/mol. The van der Waals surface area contributed by atoms with Crippen molar-refractivity contribution in [2.24, 2.45) is 0 Å². The Labute approximate surface area is 166 Å². The summed E-state index contributed by atoms with van der Waals surface area (Å²) in [5.74, 6) is 0.353. The summed E-state index contributed by atoms with van der Waals surface area (Å²) in [6.45, 7) is 1.43. The topological polar surface area (TPSA) is 68.4 Å². The number of carbonyl (C=O) groups excluding carboxylic acids is 1. The van der Waals surface area contributed by atoms with Gasteiger partial charge in [0.25, 0.3) is 5.69 Å². The fourth-order valence-corrected chi connectivity index (χ4v) is 4.31. The van der Waals surface area contributed by atoms with E-state index in [0.717, 1.165) is 22.7 Å². The van der Waals surface area contributed by atoms with Crippen LogP contribution in [0.15, 0.2) is 77.8 Å². The number of hydrogen-bond acceptors (Lipinski definition) is 4. The van der Waals surface area contributed by atoms with Crippen LogP contribution >= 0.6 is 11.8 Å². The molecule has 142 valence electrons. The van der Waals surface area contributed by atoms with Gasteiger partial charge in [-0.2, -0.15) is 0 Å². The molecule has 2 aromatic carbocycles. The minimum Gasteiger partial charge on any atom is -0.348 e. The first-order chi connectivity index (χ1) is 13.6. The lowest BCUT2D eigenvalue weighted by atomic mass is 10.00. The van der Waals surface area contributed by atoms with E-state index in [1.54, 1.807) is 12.1 Å². The van der Waals surface area contributed by atoms with E-state index in [1.807, 2.05) is 29.2 Å². The summed E-state index contributed by atoms with van der Waals surface area (Å²) in [6, 6.07) is 20.4. The highest BCUT2D eigenvalue weighted by molar-refractivity contribution is 8.00. The van der Waals surface area contributed by atoms with Gasteiger partial charge < -0.3 is 9.47 Å². The third kappa shape index (κ3) is 3.66. The van der Waals surface area contributed by atoms with Gasteiger partial charge in [-0.3, -0.25) is 14.9 Å². The van der Waals surface area contributed by atoms with Gasteiger partial charge in [0.15, 0.2) is 0 Å². The second-order valence-corrected chi connectivity index (χ2v) is 7.62. The molecule has 1 atom stereocenters. The number of fused-ring (bicyclic) bond motifs is 1. The zero-order valence-corrected chi connectivity index (χ0v) is 15.9. The van der Waals surface area contributed by atoms with Gasteiger partial charge in [0.1, 0.15) is 0 Å². The lowest BCUT2D eigenvalue weighted by Gasteiger charge is -2.37. The summed E-state index contributed by atoms with van der Waals surface area (Å²) >= 11 is 1.40. The molecule has 7 heteroatoms. The standard InChI is InChI=1S/C21H19N3O3S/c25-20(15-28-18-10-8-17(9-11-18)24(26)27)23-14-13-22-12-4-7-19(22)21(23)16-5-2-1-3-6-16/h1-12,21H,13-15H2. The molecule has 2 heterocycles. The van der Waals surface area contributed by atoms with Crippen LogP contribution in [0.3, 0.4) is 0 Å². The van der Waals surface area contributed by atoms with E-state index in [2.05, 4.69) is 29.0 Å². The Bertz CT molecular complexity index is 986. The van der Waals surface area contributed by atoms with Gasteiger partial charge in [0, 0.05) is 42.0 Å². The summed E-state index contributed by atoms with van der Waals surface area (Å²) in [7, 11) is 0. The van der Waals surface area contributed by atoms with Crippen LogP contribution in [-0.4, -0.2) is 32.6 Å². The summed E-state index contributed by atoms with van der Waals surface area (Å²) in [5.41, 5.74) is 2.26. The Morgan fingerprint density at radius 3 is 2.50 bits per heavy atom. The number of nitrogens with zero attached hydrogens (tertiary/aromatic N) is 3. The molecule has 6 nitrogen and oxygen atoms in total. The molecular weight excluding hydrogens is 374 g/mol. The smallest absolute Gasteiger partial charge is 0.269 e. The Morgan fingerprint density at radius 1 is 1.04 bits per heavy atom. The van der Waals surface area contributed by atoms with Gasteiger partial charge in [-0.05, 0) is 29.8 Å². The molecule has 3 aromatic rings. The van der Waals surface area contributed by atoms with E-state index < -0.39 is 4.92 Å². The third-order valence-corrected chi connectivity index (χ3v) is 5.88. The van der Waals surface area contributed by atoms with E-state index in [4.69, 9.17) is 0 Å². The van der Waals surface area contributed by atoms with Crippen LogP contribution in [0.1, 0.15) is 17.3 Å². The Hall–Kier alpha value is -3.06. The molecule has 0 aliphatic carbocycles. The van der Waals surface area contributed by atoms with Gasteiger partial charge in [-0.1, -0.05) is 30.3 Å². The molecule has 4 rings (SSSR count). The van der Waals surface area contributed by atoms with Gasteiger partial charge in [-0.15, -0.1) is 11.8 Å². The molecule has 1 amide bonds. The van der Waals surface area contributed by atoms with Crippen LogP contribution in [0.5, 0.6) is 0 Å². The van der Waals surface area contributed by atoms with E-state index >= 15 is 0 Å². The lowest BCUT2D eigenvalue weighted by Crippen LogP contribution is -2.43. The van der Waals surface area contributed by atoms with Crippen LogP contribution < -0.4 is 0 Å². The Balaban J connectivity index is 1.52. The fraction of sp³-hybridized carbons (Fsp3) is 0.190. The first-order valence-corrected chi connectivity index (χ1v) is 9.99. The Morgan fingerprint density at radius 2 is 1.79 bits per heavy atom. The number of carbonyl (C=O) groups is 1. The van der Waals surface area contributed by atoms with Crippen molar-refractivity contribution < 1.29 is 9.72 Å². The summed E-state index contributed by atoms with van der Waals surface area (Å²) < 4.78 is 2.20. The molecule has 1 aromatic heterocycles. The molecule has 0 saturated carbocycles. The largest absolute Gasteiger partial charge is 0.348 e. The summed E-state index contributed by atoms with van der Waals surface area (Å²) in [4.78, 5) is 26.2. The molecule has 0 N–H and O–H groups in total. The highest BCUT2D eigenvalue weighted by Crippen LogP contribution is 2.33. The van der Waals surface area contributed by atoms with Crippen molar-refractivity contribution in [3.05, 3.63) is 94.3 Å². The fourth-order valence-electron chi connectivity index (χ4n) is 3.53. The number of nitro benzene ring substituents is 1. The van der Waals surface area contributed by atoms with Gasteiger partial charge in [0.05, 0.1) is 16.7 Å². The quantitative estimate of drug-likeness (QED) is 0.371. The number of aromatic nitrogens is 1. The molecule has 1 unspecified atom stereocenters. The predicted molar refractivity (Wildman–Crippen MR) is 108 cm³/mol. The van der Waals surface area contributed by atoms with Gasteiger partial charge in [-0.25, -0.2) is 0 Å². The molecule has 0 saturated heterocycles.